The van der Waals surface area contributed by atoms with E-state index in [-0.39, 0.29) is 18.3 Å². The third-order valence-corrected chi connectivity index (χ3v) is 4.39. The van der Waals surface area contributed by atoms with Crippen LogP contribution >= 0.6 is 0 Å². The Morgan fingerprint density at radius 3 is 2.57 bits per heavy atom. The molecule has 2 aromatic heterocycles. The molecule has 0 aliphatic rings. The Balaban J connectivity index is 1.88. The van der Waals surface area contributed by atoms with Crippen LogP contribution in [0.3, 0.4) is 0 Å². The number of furan rings is 1. The largest absolute Gasteiger partial charge is 0.469 e. The van der Waals surface area contributed by atoms with E-state index >= 15 is 0 Å². The van der Waals surface area contributed by atoms with Crippen molar-refractivity contribution in [3.05, 3.63) is 60.0 Å². The van der Waals surface area contributed by atoms with Crippen LogP contribution in [0.5, 0.6) is 0 Å². The van der Waals surface area contributed by atoms with E-state index in [1.165, 1.54) is 7.11 Å². The average Bonchev–Trinajstić information content (AvgIpc) is 3.34. The van der Waals surface area contributed by atoms with Crippen LogP contribution in [0.1, 0.15) is 29.0 Å². The summed E-state index contributed by atoms with van der Waals surface area (Å²) in [5, 5.41) is 4.59. The van der Waals surface area contributed by atoms with E-state index in [1.54, 1.807) is 28.9 Å². The summed E-state index contributed by atoms with van der Waals surface area (Å²) in [6.07, 6.45) is 2.50. The number of benzene rings is 1. The number of hydrogen-bond acceptors (Lipinski definition) is 5. The molecule has 1 amide bonds. The van der Waals surface area contributed by atoms with Gasteiger partial charge in [0.25, 0.3) is 5.91 Å². The summed E-state index contributed by atoms with van der Waals surface area (Å²) in [4.78, 5) is 25.9. The molecule has 0 fully saturated rings. The van der Waals surface area contributed by atoms with Gasteiger partial charge in [-0.15, -0.1) is 0 Å². The van der Waals surface area contributed by atoms with Gasteiger partial charge in [0.1, 0.15) is 11.5 Å². The maximum atomic E-state index is 13.1. The third-order valence-electron chi connectivity index (χ3n) is 4.39. The molecule has 0 spiro atoms. The van der Waals surface area contributed by atoms with Gasteiger partial charge in [0.15, 0.2) is 5.76 Å². The second kappa shape index (κ2) is 8.56. The van der Waals surface area contributed by atoms with E-state index in [0.717, 1.165) is 11.4 Å². The van der Waals surface area contributed by atoms with Crippen LogP contribution in [0.2, 0.25) is 0 Å². The normalized spacial score (nSPS) is 10.7. The molecule has 0 radical (unpaired) electrons. The van der Waals surface area contributed by atoms with Crippen LogP contribution in [0.4, 0.5) is 0 Å². The first-order chi connectivity index (χ1) is 13.5. The molecule has 2 heterocycles. The van der Waals surface area contributed by atoms with Gasteiger partial charge in [-0.1, -0.05) is 18.2 Å². The zero-order valence-corrected chi connectivity index (χ0v) is 16.2. The average molecular weight is 381 g/mol. The number of hydrogen-bond donors (Lipinski definition) is 0. The number of carbonyl (C=O) groups excluding carboxylic acids is 2. The minimum absolute atomic E-state index is 0.184. The van der Waals surface area contributed by atoms with Crippen molar-refractivity contribution in [3.8, 4) is 17.1 Å². The van der Waals surface area contributed by atoms with Crippen molar-refractivity contribution in [1.29, 1.82) is 0 Å². The van der Waals surface area contributed by atoms with E-state index in [2.05, 4.69) is 9.84 Å². The van der Waals surface area contributed by atoms with Crippen LogP contribution in [-0.2, 0) is 9.53 Å². The van der Waals surface area contributed by atoms with Crippen molar-refractivity contribution in [2.45, 2.75) is 19.8 Å². The summed E-state index contributed by atoms with van der Waals surface area (Å²) in [6, 6.07) is 13.2. The van der Waals surface area contributed by atoms with Gasteiger partial charge in [-0.05, 0) is 37.6 Å². The van der Waals surface area contributed by atoms with E-state index in [0.29, 0.717) is 30.0 Å². The molecular weight excluding hydrogens is 358 g/mol. The Morgan fingerprint density at radius 2 is 1.93 bits per heavy atom. The van der Waals surface area contributed by atoms with E-state index < -0.39 is 0 Å². The zero-order chi connectivity index (χ0) is 20.1. The van der Waals surface area contributed by atoms with Crippen molar-refractivity contribution in [2.75, 3.05) is 20.7 Å². The molecule has 146 valence electrons. The lowest BCUT2D eigenvalue weighted by Gasteiger charge is -2.16. The summed E-state index contributed by atoms with van der Waals surface area (Å²) in [7, 11) is 3.06. The topological polar surface area (TPSA) is 77.6 Å². The monoisotopic (exact) mass is 381 g/mol. The molecule has 0 aliphatic carbocycles. The summed E-state index contributed by atoms with van der Waals surface area (Å²) >= 11 is 0. The molecule has 0 saturated carbocycles. The number of para-hydroxylation sites is 1. The van der Waals surface area contributed by atoms with E-state index in [9.17, 15) is 9.59 Å². The number of aryl methyl sites for hydroxylation is 1. The van der Waals surface area contributed by atoms with E-state index in [1.807, 2.05) is 43.3 Å². The SMILES string of the molecule is COC(=O)CCCN(C)C(=O)c1cn(-c2ccccc2)nc1-c1ccc(C)o1. The van der Waals surface area contributed by atoms with Gasteiger partial charge in [0.05, 0.1) is 18.4 Å². The van der Waals surface area contributed by atoms with Gasteiger partial charge in [-0.3, -0.25) is 9.59 Å². The highest BCUT2D eigenvalue weighted by atomic mass is 16.5. The predicted octanol–water partition coefficient (Wildman–Crippen LogP) is 3.47. The van der Waals surface area contributed by atoms with Crippen molar-refractivity contribution >= 4 is 11.9 Å². The quantitative estimate of drug-likeness (QED) is 0.586. The summed E-state index contributed by atoms with van der Waals surface area (Å²) in [5.41, 5.74) is 1.78. The first-order valence-electron chi connectivity index (χ1n) is 9.03. The number of nitrogens with zero attached hydrogens (tertiary/aromatic N) is 3. The number of carbonyl (C=O) groups is 2. The summed E-state index contributed by atoms with van der Waals surface area (Å²) < 4.78 is 12.0. The Hall–Kier alpha value is -3.35. The summed E-state index contributed by atoms with van der Waals surface area (Å²) in [5.74, 6) is 0.813. The van der Waals surface area contributed by atoms with Gasteiger partial charge in [-0.25, -0.2) is 4.68 Å². The van der Waals surface area contributed by atoms with Crippen molar-refractivity contribution in [2.24, 2.45) is 0 Å². The Bertz CT molecular complexity index is 959. The number of aromatic nitrogens is 2. The fraction of sp³-hybridized carbons (Fsp3) is 0.286. The minimum Gasteiger partial charge on any atom is -0.469 e. The molecule has 0 N–H and O–H groups in total. The molecule has 7 heteroatoms. The summed E-state index contributed by atoms with van der Waals surface area (Å²) in [6.45, 7) is 2.28. The Labute approximate surface area is 163 Å². The second-order valence-corrected chi connectivity index (χ2v) is 6.49. The van der Waals surface area contributed by atoms with Crippen LogP contribution in [0.15, 0.2) is 53.1 Å². The van der Waals surface area contributed by atoms with Crippen molar-refractivity contribution in [1.82, 2.24) is 14.7 Å². The molecule has 0 unspecified atom stereocenters. The standard InChI is InChI=1S/C21H23N3O4/c1-15-11-12-18(28-15)20-17(14-24(22-20)16-8-5-4-6-9-16)21(26)23(2)13-7-10-19(25)27-3/h4-6,8-9,11-12,14H,7,10,13H2,1-3H3. The van der Waals surface area contributed by atoms with Gasteiger partial charge in [0.2, 0.25) is 0 Å². The second-order valence-electron chi connectivity index (χ2n) is 6.49. The van der Waals surface area contributed by atoms with Gasteiger partial charge < -0.3 is 14.1 Å². The first kappa shape index (κ1) is 19.4. The molecule has 1 aromatic carbocycles. The van der Waals surface area contributed by atoms with Gasteiger partial charge in [-0.2, -0.15) is 5.10 Å². The van der Waals surface area contributed by atoms with Crippen molar-refractivity contribution < 1.29 is 18.7 Å². The highest BCUT2D eigenvalue weighted by Crippen LogP contribution is 2.26. The maximum Gasteiger partial charge on any atom is 0.305 e. The van der Waals surface area contributed by atoms with Crippen molar-refractivity contribution in [3.63, 3.8) is 0 Å². The first-order valence-corrected chi connectivity index (χ1v) is 9.03. The number of rotatable bonds is 7. The lowest BCUT2D eigenvalue weighted by Crippen LogP contribution is -2.28. The van der Waals surface area contributed by atoms with Gasteiger partial charge >= 0.3 is 5.97 Å². The van der Waals surface area contributed by atoms with Crippen LogP contribution in [0, 0.1) is 6.92 Å². The number of esters is 1. The number of amides is 1. The number of methoxy groups -OCH3 is 1. The molecule has 3 rings (SSSR count). The number of ether oxygens (including phenoxy) is 1. The predicted molar refractivity (Wildman–Crippen MR) is 104 cm³/mol. The molecule has 0 bridgehead atoms. The van der Waals surface area contributed by atoms with Crippen LogP contribution in [-0.4, -0.2) is 47.3 Å². The Morgan fingerprint density at radius 1 is 1.18 bits per heavy atom. The van der Waals surface area contributed by atoms with Crippen LogP contribution in [0.25, 0.3) is 17.1 Å². The van der Waals surface area contributed by atoms with Gasteiger partial charge in [0, 0.05) is 26.2 Å². The lowest BCUT2D eigenvalue weighted by atomic mass is 10.2. The molecule has 3 aromatic rings. The maximum absolute atomic E-state index is 13.1. The molecule has 0 saturated heterocycles. The molecule has 7 nitrogen and oxygen atoms in total. The molecule has 0 aliphatic heterocycles. The lowest BCUT2D eigenvalue weighted by molar-refractivity contribution is -0.140. The molecular formula is C21H23N3O4. The minimum atomic E-state index is -0.288. The van der Waals surface area contributed by atoms with E-state index in [4.69, 9.17) is 4.42 Å². The molecule has 0 atom stereocenters. The fourth-order valence-corrected chi connectivity index (χ4v) is 2.86. The molecule has 28 heavy (non-hydrogen) atoms. The smallest absolute Gasteiger partial charge is 0.305 e. The zero-order valence-electron chi connectivity index (χ0n) is 16.2. The van der Waals surface area contributed by atoms with Crippen LogP contribution < -0.4 is 0 Å². The highest BCUT2D eigenvalue weighted by Gasteiger charge is 2.23. The third kappa shape index (κ3) is 4.31. The fourth-order valence-electron chi connectivity index (χ4n) is 2.86. The Kier molecular flexibility index (Phi) is 5.93. The highest BCUT2D eigenvalue weighted by molar-refractivity contribution is 5.99.